The Kier molecular flexibility index (Phi) is 4.97. The highest BCUT2D eigenvalue weighted by Crippen LogP contribution is 2.30. The summed E-state index contributed by atoms with van der Waals surface area (Å²) in [6, 6.07) is 3.96. The van der Waals surface area contributed by atoms with Crippen molar-refractivity contribution in [2.45, 2.75) is 26.9 Å². The Labute approximate surface area is 103 Å². The standard InChI is InChI=1S/C14H22O3/c1-9-7-13(17-5)10(2)6-12(9)14(15)11(3)8-16-4/h6-7,11,14-15H,8H2,1-5H3. The van der Waals surface area contributed by atoms with E-state index < -0.39 is 6.10 Å². The summed E-state index contributed by atoms with van der Waals surface area (Å²) in [5.74, 6) is 0.935. The number of rotatable bonds is 5. The lowest BCUT2D eigenvalue weighted by Crippen LogP contribution is -2.15. The number of hydrogen-bond acceptors (Lipinski definition) is 3. The van der Waals surface area contributed by atoms with E-state index in [0.29, 0.717) is 6.61 Å². The number of hydrogen-bond donors (Lipinski definition) is 1. The summed E-state index contributed by atoms with van der Waals surface area (Å²) in [5.41, 5.74) is 3.03. The second kappa shape index (κ2) is 6.03. The molecule has 17 heavy (non-hydrogen) atoms. The molecule has 1 N–H and O–H groups in total. The van der Waals surface area contributed by atoms with Crippen molar-refractivity contribution >= 4 is 0 Å². The third kappa shape index (κ3) is 3.20. The van der Waals surface area contributed by atoms with Crippen LogP contribution in [-0.2, 0) is 4.74 Å². The summed E-state index contributed by atoms with van der Waals surface area (Å²) in [6.45, 7) is 6.49. The minimum Gasteiger partial charge on any atom is -0.496 e. The molecule has 3 heteroatoms. The van der Waals surface area contributed by atoms with E-state index in [4.69, 9.17) is 9.47 Å². The van der Waals surface area contributed by atoms with Crippen LogP contribution in [0.25, 0.3) is 0 Å². The maximum absolute atomic E-state index is 10.3. The first-order chi connectivity index (χ1) is 8.01. The van der Waals surface area contributed by atoms with E-state index in [1.165, 1.54) is 0 Å². The van der Waals surface area contributed by atoms with Crippen molar-refractivity contribution < 1.29 is 14.6 Å². The number of aliphatic hydroxyl groups excluding tert-OH is 1. The van der Waals surface area contributed by atoms with Gasteiger partial charge in [-0.05, 0) is 42.7 Å². The Morgan fingerprint density at radius 2 is 1.82 bits per heavy atom. The van der Waals surface area contributed by atoms with Crippen molar-refractivity contribution in [1.82, 2.24) is 0 Å². The average molecular weight is 238 g/mol. The number of benzene rings is 1. The van der Waals surface area contributed by atoms with Gasteiger partial charge in [0.05, 0.1) is 19.8 Å². The van der Waals surface area contributed by atoms with Gasteiger partial charge in [0, 0.05) is 13.0 Å². The molecule has 0 bridgehead atoms. The lowest BCUT2D eigenvalue weighted by atomic mass is 9.93. The molecular weight excluding hydrogens is 216 g/mol. The highest BCUT2D eigenvalue weighted by Gasteiger charge is 2.19. The van der Waals surface area contributed by atoms with Crippen LogP contribution in [0.4, 0.5) is 0 Å². The van der Waals surface area contributed by atoms with Crippen LogP contribution in [0.2, 0.25) is 0 Å². The van der Waals surface area contributed by atoms with Crippen LogP contribution in [0, 0.1) is 19.8 Å². The van der Waals surface area contributed by atoms with Gasteiger partial charge >= 0.3 is 0 Å². The fraction of sp³-hybridized carbons (Fsp3) is 0.571. The minimum absolute atomic E-state index is 0.0755. The zero-order chi connectivity index (χ0) is 13.0. The maximum Gasteiger partial charge on any atom is 0.122 e. The molecule has 0 saturated heterocycles. The number of methoxy groups -OCH3 is 2. The van der Waals surface area contributed by atoms with Crippen LogP contribution < -0.4 is 4.74 Å². The normalized spacial score (nSPS) is 14.5. The van der Waals surface area contributed by atoms with E-state index in [1.54, 1.807) is 14.2 Å². The van der Waals surface area contributed by atoms with E-state index >= 15 is 0 Å². The molecular formula is C14H22O3. The van der Waals surface area contributed by atoms with Gasteiger partial charge in [0.25, 0.3) is 0 Å². The third-order valence-corrected chi connectivity index (χ3v) is 3.07. The molecule has 0 radical (unpaired) electrons. The average Bonchev–Trinajstić information content (AvgIpc) is 2.31. The van der Waals surface area contributed by atoms with Crippen molar-refractivity contribution in [3.05, 3.63) is 28.8 Å². The monoisotopic (exact) mass is 238 g/mol. The molecule has 0 heterocycles. The van der Waals surface area contributed by atoms with Crippen molar-refractivity contribution in [1.29, 1.82) is 0 Å². The SMILES string of the molecule is COCC(C)C(O)c1cc(C)c(OC)cc1C. The van der Waals surface area contributed by atoms with Crippen molar-refractivity contribution in [3.8, 4) is 5.75 Å². The third-order valence-electron chi connectivity index (χ3n) is 3.07. The van der Waals surface area contributed by atoms with Gasteiger partial charge in [-0.25, -0.2) is 0 Å². The Hall–Kier alpha value is -1.06. The highest BCUT2D eigenvalue weighted by atomic mass is 16.5. The van der Waals surface area contributed by atoms with Gasteiger partial charge in [0.2, 0.25) is 0 Å². The zero-order valence-electron chi connectivity index (χ0n) is 11.3. The Morgan fingerprint density at radius 3 is 2.35 bits per heavy atom. The molecule has 0 spiro atoms. The molecule has 0 fully saturated rings. The van der Waals surface area contributed by atoms with Crippen LogP contribution in [0.15, 0.2) is 12.1 Å². The van der Waals surface area contributed by atoms with Gasteiger partial charge in [0.1, 0.15) is 5.75 Å². The van der Waals surface area contributed by atoms with E-state index in [1.807, 2.05) is 32.9 Å². The predicted molar refractivity (Wildman–Crippen MR) is 68.5 cm³/mol. The van der Waals surface area contributed by atoms with E-state index in [-0.39, 0.29) is 5.92 Å². The van der Waals surface area contributed by atoms with E-state index in [9.17, 15) is 5.11 Å². The summed E-state index contributed by atoms with van der Waals surface area (Å²) in [6.07, 6.45) is -0.500. The van der Waals surface area contributed by atoms with Gasteiger partial charge in [-0.1, -0.05) is 6.92 Å². The molecule has 1 aromatic carbocycles. The predicted octanol–water partition coefficient (Wildman–Crippen LogP) is 2.63. The Bertz CT molecular complexity index is 374. The summed E-state index contributed by atoms with van der Waals surface area (Å²) in [7, 11) is 3.31. The van der Waals surface area contributed by atoms with Gasteiger partial charge in [0.15, 0.2) is 0 Å². The molecule has 0 amide bonds. The summed E-state index contributed by atoms with van der Waals surface area (Å²) in [4.78, 5) is 0. The Morgan fingerprint density at radius 1 is 1.18 bits per heavy atom. The minimum atomic E-state index is -0.500. The number of ether oxygens (including phenoxy) is 2. The fourth-order valence-electron chi connectivity index (χ4n) is 2.01. The zero-order valence-corrected chi connectivity index (χ0v) is 11.3. The first-order valence-electron chi connectivity index (χ1n) is 5.83. The quantitative estimate of drug-likeness (QED) is 0.857. The largest absolute Gasteiger partial charge is 0.496 e. The van der Waals surface area contributed by atoms with Gasteiger partial charge < -0.3 is 14.6 Å². The molecule has 2 unspecified atom stereocenters. The first-order valence-corrected chi connectivity index (χ1v) is 5.83. The van der Waals surface area contributed by atoms with Crippen LogP contribution in [-0.4, -0.2) is 25.9 Å². The molecule has 0 saturated carbocycles. The van der Waals surface area contributed by atoms with Gasteiger partial charge in [-0.15, -0.1) is 0 Å². The van der Waals surface area contributed by atoms with Crippen molar-refractivity contribution in [3.63, 3.8) is 0 Å². The van der Waals surface area contributed by atoms with Crippen LogP contribution in [0.1, 0.15) is 29.7 Å². The van der Waals surface area contributed by atoms with Crippen LogP contribution >= 0.6 is 0 Å². The Balaban J connectivity index is 3.01. The smallest absolute Gasteiger partial charge is 0.122 e. The fourth-order valence-corrected chi connectivity index (χ4v) is 2.01. The molecule has 0 aliphatic carbocycles. The number of aryl methyl sites for hydroxylation is 2. The topological polar surface area (TPSA) is 38.7 Å². The van der Waals surface area contributed by atoms with Crippen molar-refractivity contribution in [2.75, 3.05) is 20.8 Å². The molecule has 0 aliphatic rings. The molecule has 3 nitrogen and oxygen atoms in total. The maximum atomic E-state index is 10.3. The lowest BCUT2D eigenvalue weighted by molar-refractivity contribution is 0.0562. The second-order valence-electron chi connectivity index (χ2n) is 4.56. The second-order valence-corrected chi connectivity index (χ2v) is 4.56. The first kappa shape index (κ1) is 14.0. The van der Waals surface area contributed by atoms with Gasteiger partial charge in [-0.2, -0.15) is 0 Å². The van der Waals surface area contributed by atoms with E-state index in [2.05, 4.69) is 0 Å². The molecule has 1 rings (SSSR count). The van der Waals surface area contributed by atoms with Crippen LogP contribution in [0.3, 0.4) is 0 Å². The molecule has 1 aromatic rings. The summed E-state index contributed by atoms with van der Waals surface area (Å²) >= 11 is 0. The van der Waals surface area contributed by atoms with E-state index in [0.717, 1.165) is 22.4 Å². The molecule has 0 aromatic heterocycles. The summed E-state index contributed by atoms with van der Waals surface area (Å²) < 4.78 is 10.3. The van der Waals surface area contributed by atoms with Crippen molar-refractivity contribution in [2.24, 2.45) is 5.92 Å². The molecule has 96 valence electrons. The summed E-state index contributed by atoms with van der Waals surface area (Å²) in [5, 5.41) is 10.3. The highest BCUT2D eigenvalue weighted by molar-refractivity contribution is 5.42. The van der Waals surface area contributed by atoms with Crippen LogP contribution in [0.5, 0.6) is 5.75 Å². The molecule has 2 atom stereocenters. The lowest BCUT2D eigenvalue weighted by Gasteiger charge is -2.21. The molecule has 0 aliphatic heterocycles. The van der Waals surface area contributed by atoms with Gasteiger partial charge in [-0.3, -0.25) is 0 Å². The number of aliphatic hydroxyl groups is 1.